The van der Waals surface area contributed by atoms with Crippen molar-refractivity contribution in [2.75, 3.05) is 19.7 Å². The van der Waals surface area contributed by atoms with Crippen molar-refractivity contribution in [3.8, 4) is 0 Å². The molecule has 390 valence electrons. The van der Waals surface area contributed by atoms with Gasteiger partial charge in [-0.05, 0) is 51.4 Å². The van der Waals surface area contributed by atoms with Gasteiger partial charge in [0.25, 0.3) is 0 Å². The molecule has 0 rings (SSSR count). The van der Waals surface area contributed by atoms with E-state index in [9.17, 15) is 14.7 Å². The van der Waals surface area contributed by atoms with Gasteiger partial charge < -0.3 is 14.7 Å². The van der Waals surface area contributed by atoms with E-state index in [2.05, 4.69) is 45.1 Å². The number of rotatable bonds is 55. The average molecular weight is 929 g/mol. The SMILES string of the molecule is CCCCC/C=C/C/C=C/CCCCCCCC(=O)OCC(O)CN(CCCCCCCCCCCCCCCCCC)C(=O)CCCCCCCCCCCCCCCCCCCCC. The van der Waals surface area contributed by atoms with E-state index in [4.69, 9.17) is 4.74 Å². The molecule has 0 heterocycles. The molecule has 5 heteroatoms. The second-order valence-corrected chi connectivity index (χ2v) is 20.6. The molecular formula is C61H117NO4. The summed E-state index contributed by atoms with van der Waals surface area (Å²) in [5.74, 6) is -0.0806. The molecule has 5 nitrogen and oxygen atoms in total. The molecule has 0 fully saturated rings. The van der Waals surface area contributed by atoms with Gasteiger partial charge in [0, 0.05) is 25.9 Å². The molecule has 66 heavy (non-hydrogen) atoms. The van der Waals surface area contributed by atoms with Crippen LogP contribution in [0.25, 0.3) is 0 Å². The summed E-state index contributed by atoms with van der Waals surface area (Å²) in [6.45, 7) is 7.75. The van der Waals surface area contributed by atoms with Gasteiger partial charge in [-0.2, -0.15) is 0 Å². The molecule has 0 spiro atoms. The number of hydrogen-bond donors (Lipinski definition) is 1. The van der Waals surface area contributed by atoms with Crippen molar-refractivity contribution in [2.45, 2.75) is 335 Å². The predicted octanol–water partition coefficient (Wildman–Crippen LogP) is 19.6. The lowest BCUT2D eigenvalue weighted by atomic mass is 10.0. The van der Waals surface area contributed by atoms with Crippen LogP contribution in [0.4, 0.5) is 0 Å². The minimum absolute atomic E-state index is 0.0267. The van der Waals surface area contributed by atoms with Crippen molar-refractivity contribution in [3.63, 3.8) is 0 Å². The third-order valence-electron chi connectivity index (χ3n) is 13.8. The Bertz CT molecular complexity index is 1020. The Hall–Kier alpha value is -1.62. The third-order valence-corrected chi connectivity index (χ3v) is 13.8. The molecule has 0 aromatic carbocycles. The predicted molar refractivity (Wildman–Crippen MR) is 290 cm³/mol. The van der Waals surface area contributed by atoms with Gasteiger partial charge >= 0.3 is 5.97 Å². The maximum absolute atomic E-state index is 13.5. The number of nitrogens with zero attached hydrogens (tertiary/aromatic N) is 1. The maximum atomic E-state index is 13.5. The zero-order chi connectivity index (χ0) is 47.9. The highest BCUT2D eigenvalue weighted by atomic mass is 16.5. The van der Waals surface area contributed by atoms with Crippen LogP contribution in [0, 0.1) is 0 Å². The smallest absolute Gasteiger partial charge is 0.305 e. The quantitative estimate of drug-likeness (QED) is 0.0375. The summed E-state index contributed by atoms with van der Waals surface area (Å²) in [4.78, 5) is 27.8. The van der Waals surface area contributed by atoms with Gasteiger partial charge in [-0.15, -0.1) is 0 Å². The van der Waals surface area contributed by atoms with E-state index in [1.165, 1.54) is 238 Å². The summed E-state index contributed by atoms with van der Waals surface area (Å²) in [5.41, 5.74) is 0. The summed E-state index contributed by atoms with van der Waals surface area (Å²) in [5, 5.41) is 10.9. The number of carbonyl (C=O) groups is 2. The normalized spacial score (nSPS) is 12.2. The van der Waals surface area contributed by atoms with Gasteiger partial charge in [0.2, 0.25) is 5.91 Å². The summed E-state index contributed by atoms with van der Waals surface area (Å²) >= 11 is 0. The van der Waals surface area contributed by atoms with Crippen LogP contribution in [-0.2, 0) is 14.3 Å². The summed E-state index contributed by atoms with van der Waals surface area (Å²) in [6, 6.07) is 0. The van der Waals surface area contributed by atoms with Gasteiger partial charge in [-0.3, -0.25) is 9.59 Å². The Morgan fingerprint density at radius 3 is 1.09 bits per heavy atom. The Kier molecular flexibility index (Phi) is 54.6. The van der Waals surface area contributed by atoms with E-state index in [1.807, 2.05) is 4.90 Å². The van der Waals surface area contributed by atoms with Crippen molar-refractivity contribution >= 4 is 11.9 Å². The van der Waals surface area contributed by atoms with Gasteiger partial charge in [-0.1, -0.05) is 289 Å². The average Bonchev–Trinajstić information content (AvgIpc) is 3.32. The highest BCUT2D eigenvalue weighted by Crippen LogP contribution is 2.18. The number of hydrogen-bond acceptors (Lipinski definition) is 4. The monoisotopic (exact) mass is 928 g/mol. The van der Waals surface area contributed by atoms with E-state index in [-0.39, 0.29) is 25.0 Å². The van der Waals surface area contributed by atoms with E-state index in [0.29, 0.717) is 19.4 Å². The van der Waals surface area contributed by atoms with Crippen LogP contribution >= 0.6 is 0 Å². The van der Waals surface area contributed by atoms with Crippen LogP contribution in [0.2, 0.25) is 0 Å². The molecule has 0 radical (unpaired) electrons. The van der Waals surface area contributed by atoms with Gasteiger partial charge in [0.15, 0.2) is 0 Å². The molecular weight excluding hydrogens is 811 g/mol. The molecule has 1 atom stereocenters. The zero-order valence-electron chi connectivity index (χ0n) is 45.1. The van der Waals surface area contributed by atoms with Crippen molar-refractivity contribution < 1.29 is 19.4 Å². The Morgan fingerprint density at radius 2 is 0.697 bits per heavy atom. The first-order valence-corrected chi connectivity index (χ1v) is 30.0. The Morgan fingerprint density at radius 1 is 0.394 bits per heavy atom. The van der Waals surface area contributed by atoms with E-state index >= 15 is 0 Å². The molecule has 0 bridgehead atoms. The van der Waals surface area contributed by atoms with Crippen molar-refractivity contribution in [2.24, 2.45) is 0 Å². The van der Waals surface area contributed by atoms with Gasteiger partial charge in [0.1, 0.15) is 12.7 Å². The minimum Gasteiger partial charge on any atom is -0.463 e. The first-order valence-electron chi connectivity index (χ1n) is 30.0. The standard InChI is InChI=1S/C61H117NO4/c1-4-7-10-13-16-19-22-25-28-30-31-32-34-36-39-42-45-48-51-54-60(64)62(56-53-50-47-44-41-38-35-29-26-23-20-17-14-11-8-5-2)57-59(63)58-66-61(65)55-52-49-46-43-40-37-33-27-24-21-18-15-12-9-6-3/h18,21,27,33,59,63H,4-17,19-20,22-26,28-32,34-58H2,1-3H3/b21-18+,33-27+. The zero-order valence-corrected chi connectivity index (χ0v) is 45.1. The van der Waals surface area contributed by atoms with Crippen molar-refractivity contribution in [1.82, 2.24) is 4.90 Å². The molecule has 0 aliphatic carbocycles. The number of amides is 1. The fourth-order valence-corrected chi connectivity index (χ4v) is 9.33. The highest BCUT2D eigenvalue weighted by molar-refractivity contribution is 5.76. The highest BCUT2D eigenvalue weighted by Gasteiger charge is 2.18. The van der Waals surface area contributed by atoms with Crippen LogP contribution < -0.4 is 0 Å². The second kappa shape index (κ2) is 56.0. The van der Waals surface area contributed by atoms with E-state index in [0.717, 1.165) is 57.8 Å². The van der Waals surface area contributed by atoms with Crippen molar-refractivity contribution in [1.29, 1.82) is 0 Å². The Labute approximate surface area is 413 Å². The third kappa shape index (κ3) is 51.8. The summed E-state index contributed by atoms with van der Waals surface area (Å²) in [6.07, 6.45) is 68.7. The molecule has 1 unspecified atom stereocenters. The van der Waals surface area contributed by atoms with Crippen LogP contribution in [0.3, 0.4) is 0 Å². The first-order chi connectivity index (χ1) is 32.5. The van der Waals surface area contributed by atoms with Gasteiger partial charge in [-0.25, -0.2) is 0 Å². The lowest BCUT2D eigenvalue weighted by molar-refractivity contribution is -0.147. The van der Waals surface area contributed by atoms with Crippen LogP contribution in [0.5, 0.6) is 0 Å². The number of allylic oxidation sites excluding steroid dienone is 4. The molecule has 0 saturated carbocycles. The number of ether oxygens (including phenoxy) is 1. The number of esters is 1. The topological polar surface area (TPSA) is 66.8 Å². The molecule has 1 amide bonds. The summed E-state index contributed by atoms with van der Waals surface area (Å²) < 4.78 is 5.50. The fourth-order valence-electron chi connectivity index (χ4n) is 9.33. The first kappa shape index (κ1) is 64.4. The van der Waals surface area contributed by atoms with Crippen LogP contribution in [0.1, 0.15) is 329 Å². The van der Waals surface area contributed by atoms with Crippen LogP contribution in [0.15, 0.2) is 24.3 Å². The van der Waals surface area contributed by atoms with Crippen LogP contribution in [-0.4, -0.2) is 47.7 Å². The number of aliphatic hydroxyl groups is 1. The van der Waals surface area contributed by atoms with Gasteiger partial charge in [0.05, 0.1) is 0 Å². The Balaban J connectivity index is 4.32. The van der Waals surface area contributed by atoms with E-state index < -0.39 is 6.10 Å². The van der Waals surface area contributed by atoms with E-state index in [1.54, 1.807) is 0 Å². The lowest BCUT2D eigenvalue weighted by Crippen LogP contribution is -2.40. The molecule has 1 N–H and O–H groups in total. The number of carbonyl (C=O) groups excluding carboxylic acids is 2. The molecule has 0 aliphatic heterocycles. The number of unbranched alkanes of at least 4 members (excludes halogenated alkanes) is 41. The molecule has 0 aromatic rings. The largest absolute Gasteiger partial charge is 0.463 e. The number of aliphatic hydroxyl groups excluding tert-OH is 1. The van der Waals surface area contributed by atoms with Crippen molar-refractivity contribution in [3.05, 3.63) is 24.3 Å². The minimum atomic E-state index is -0.839. The molecule has 0 aliphatic rings. The lowest BCUT2D eigenvalue weighted by Gasteiger charge is -2.25. The summed E-state index contributed by atoms with van der Waals surface area (Å²) in [7, 11) is 0. The molecule has 0 aromatic heterocycles. The second-order valence-electron chi connectivity index (χ2n) is 20.6. The fraction of sp³-hybridized carbons (Fsp3) is 0.902. The molecule has 0 saturated heterocycles. The maximum Gasteiger partial charge on any atom is 0.305 e.